The Hall–Kier alpha value is -4.15. The predicted molar refractivity (Wildman–Crippen MR) is 163 cm³/mol. The van der Waals surface area contributed by atoms with Gasteiger partial charge in [-0.15, -0.1) is 0 Å². The van der Waals surface area contributed by atoms with Gasteiger partial charge in [-0.2, -0.15) is 0 Å². The van der Waals surface area contributed by atoms with Gasteiger partial charge < -0.3 is 9.47 Å². The van der Waals surface area contributed by atoms with Crippen LogP contribution in [0.1, 0.15) is 11.1 Å². The highest BCUT2D eigenvalue weighted by Crippen LogP contribution is 2.36. The molecule has 1 aliphatic rings. The summed E-state index contributed by atoms with van der Waals surface area (Å²) in [7, 11) is 1.51. The lowest BCUT2D eigenvalue weighted by molar-refractivity contribution is -0.121. The number of imide groups is 2. The van der Waals surface area contributed by atoms with Gasteiger partial charge in [-0.25, -0.2) is 14.6 Å². The predicted octanol–water partition coefficient (Wildman–Crippen LogP) is 7.12. The summed E-state index contributed by atoms with van der Waals surface area (Å²) in [4.78, 5) is 42.8. The van der Waals surface area contributed by atoms with E-state index in [1.54, 1.807) is 78.9 Å². The lowest BCUT2D eigenvalue weighted by Crippen LogP contribution is -2.57. The molecule has 0 radical (unpaired) electrons. The number of anilines is 2. The van der Waals surface area contributed by atoms with E-state index in [1.165, 1.54) is 13.2 Å². The summed E-state index contributed by atoms with van der Waals surface area (Å²) >= 11 is 8.38. The van der Waals surface area contributed by atoms with E-state index in [-0.39, 0.29) is 12.2 Å². The molecule has 0 aliphatic carbocycles. The molecule has 5 rings (SSSR count). The van der Waals surface area contributed by atoms with Crippen molar-refractivity contribution in [1.82, 2.24) is 0 Å². The zero-order valence-electron chi connectivity index (χ0n) is 21.2. The van der Waals surface area contributed by atoms with E-state index < -0.39 is 17.8 Å². The van der Waals surface area contributed by atoms with Crippen LogP contribution in [0.5, 0.6) is 11.5 Å². The van der Waals surface area contributed by atoms with Crippen molar-refractivity contribution in [3.8, 4) is 11.5 Å². The Bertz CT molecular complexity index is 1560. The average molecular weight is 665 g/mol. The number of barbiturate groups is 1. The first kappa shape index (κ1) is 27.4. The van der Waals surface area contributed by atoms with Crippen LogP contribution in [0.15, 0.2) is 103 Å². The van der Waals surface area contributed by atoms with Crippen molar-refractivity contribution in [1.29, 1.82) is 0 Å². The number of rotatable bonds is 7. The quantitative estimate of drug-likeness (QED) is 0.120. The number of para-hydroxylation sites is 2. The summed E-state index contributed by atoms with van der Waals surface area (Å²) < 4.78 is 12.3. The number of benzene rings is 4. The number of hydrogen-bond acceptors (Lipinski definition) is 5. The maximum atomic E-state index is 13.6. The van der Waals surface area contributed by atoms with Gasteiger partial charge in [0.1, 0.15) is 12.2 Å². The van der Waals surface area contributed by atoms with Crippen molar-refractivity contribution in [2.75, 3.05) is 16.9 Å². The number of halogens is 2. The SMILES string of the molecule is COc1cc(C=C2C(=O)N(c3ccccc3)C(=O)N(c3ccccc3)C2=O)cc(I)c1OCc1ccccc1Cl. The Morgan fingerprint density at radius 3 is 1.90 bits per heavy atom. The van der Waals surface area contributed by atoms with Crippen molar-refractivity contribution in [3.05, 3.63) is 122 Å². The molecule has 1 aliphatic heterocycles. The van der Waals surface area contributed by atoms with Crippen molar-refractivity contribution >= 4 is 69.5 Å². The first-order valence-corrected chi connectivity index (χ1v) is 13.6. The smallest absolute Gasteiger partial charge is 0.343 e. The number of ether oxygens (including phenoxy) is 2. The number of nitrogens with zero attached hydrogens (tertiary/aromatic N) is 2. The summed E-state index contributed by atoms with van der Waals surface area (Å²) in [6, 6.07) is 27.1. The van der Waals surface area contributed by atoms with E-state index in [0.29, 0.717) is 37.0 Å². The van der Waals surface area contributed by atoms with Crippen LogP contribution < -0.4 is 19.3 Å². The molecule has 0 N–H and O–H groups in total. The van der Waals surface area contributed by atoms with E-state index >= 15 is 0 Å². The van der Waals surface area contributed by atoms with Crippen LogP contribution in [0.2, 0.25) is 5.02 Å². The summed E-state index contributed by atoms with van der Waals surface area (Å²) in [5, 5.41) is 0.590. The van der Waals surface area contributed by atoms with Crippen LogP contribution in [0.4, 0.5) is 16.2 Å². The molecular formula is C31H22ClIN2O5. The lowest BCUT2D eigenvalue weighted by atomic mass is 10.0. The molecule has 4 aromatic rings. The third-order valence-electron chi connectivity index (χ3n) is 6.17. The Kier molecular flexibility index (Phi) is 8.18. The maximum Gasteiger partial charge on any atom is 0.343 e. The zero-order chi connectivity index (χ0) is 28.2. The minimum absolute atomic E-state index is 0.171. The largest absolute Gasteiger partial charge is 0.493 e. The van der Waals surface area contributed by atoms with Gasteiger partial charge in [0.05, 0.1) is 22.1 Å². The van der Waals surface area contributed by atoms with Gasteiger partial charge >= 0.3 is 6.03 Å². The van der Waals surface area contributed by atoms with Crippen molar-refractivity contribution < 1.29 is 23.9 Å². The molecule has 1 saturated heterocycles. The minimum atomic E-state index is -0.750. The van der Waals surface area contributed by atoms with Crippen LogP contribution in [0, 0.1) is 3.57 Å². The highest BCUT2D eigenvalue weighted by Gasteiger charge is 2.43. The zero-order valence-corrected chi connectivity index (χ0v) is 24.1. The molecule has 0 unspecified atom stereocenters. The lowest BCUT2D eigenvalue weighted by Gasteiger charge is -2.34. The number of hydrogen-bond donors (Lipinski definition) is 0. The Balaban J connectivity index is 1.55. The molecule has 7 nitrogen and oxygen atoms in total. The van der Waals surface area contributed by atoms with E-state index in [0.717, 1.165) is 15.4 Å². The summed E-state index contributed by atoms with van der Waals surface area (Å²) in [5.74, 6) is -0.529. The Morgan fingerprint density at radius 2 is 1.35 bits per heavy atom. The molecule has 0 spiro atoms. The van der Waals surface area contributed by atoms with Crippen molar-refractivity contribution in [2.24, 2.45) is 0 Å². The van der Waals surface area contributed by atoms with Crippen molar-refractivity contribution in [3.63, 3.8) is 0 Å². The van der Waals surface area contributed by atoms with Gasteiger partial charge in [0, 0.05) is 10.6 Å². The highest BCUT2D eigenvalue weighted by atomic mass is 127. The second-order valence-electron chi connectivity index (χ2n) is 8.71. The second-order valence-corrected chi connectivity index (χ2v) is 10.3. The molecule has 0 saturated carbocycles. The monoisotopic (exact) mass is 664 g/mol. The Morgan fingerprint density at radius 1 is 0.800 bits per heavy atom. The summed E-state index contributed by atoms with van der Waals surface area (Å²) in [6.45, 7) is 0.226. The molecule has 1 heterocycles. The molecule has 200 valence electrons. The standard InChI is InChI=1S/C31H22ClIN2O5/c1-39-27-18-20(17-26(33)28(27)40-19-21-10-8-9-15-25(21)32)16-24-29(36)34(22-11-4-2-5-12-22)31(38)35(30(24)37)23-13-6-3-7-14-23/h2-18H,19H2,1H3. The molecular weight excluding hydrogens is 643 g/mol. The third kappa shape index (κ3) is 5.45. The van der Waals surface area contributed by atoms with Gasteiger partial charge in [-0.3, -0.25) is 9.59 Å². The highest BCUT2D eigenvalue weighted by molar-refractivity contribution is 14.1. The molecule has 0 aromatic heterocycles. The van der Waals surface area contributed by atoms with E-state index in [9.17, 15) is 14.4 Å². The van der Waals surface area contributed by atoms with Crippen LogP contribution in [0.3, 0.4) is 0 Å². The van der Waals surface area contributed by atoms with Gasteiger partial charge in [0.25, 0.3) is 11.8 Å². The number of carbonyl (C=O) groups excluding carboxylic acids is 3. The third-order valence-corrected chi connectivity index (χ3v) is 7.34. The van der Waals surface area contributed by atoms with E-state index in [2.05, 4.69) is 22.6 Å². The molecule has 4 aromatic carbocycles. The van der Waals surface area contributed by atoms with Crippen LogP contribution >= 0.6 is 34.2 Å². The van der Waals surface area contributed by atoms with Gasteiger partial charge in [-0.1, -0.05) is 66.2 Å². The summed E-state index contributed by atoms with van der Waals surface area (Å²) in [5.41, 5.74) is 1.88. The van der Waals surface area contributed by atoms with Gasteiger partial charge in [0.15, 0.2) is 11.5 Å². The van der Waals surface area contributed by atoms with Crippen LogP contribution in [-0.2, 0) is 16.2 Å². The number of urea groups is 1. The second kappa shape index (κ2) is 11.9. The number of methoxy groups -OCH3 is 1. The van der Waals surface area contributed by atoms with Crippen LogP contribution in [-0.4, -0.2) is 25.0 Å². The molecule has 0 atom stereocenters. The molecule has 0 bridgehead atoms. The van der Waals surface area contributed by atoms with E-state index in [1.807, 2.05) is 18.2 Å². The molecule has 1 fully saturated rings. The Labute approximate surface area is 249 Å². The fourth-order valence-corrected chi connectivity index (χ4v) is 5.21. The molecule has 4 amide bonds. The number of carbonyl (C=O) groups is 3. The van der Waals surface area contributed by atoms with E-state index in [4.69, 9.17) is 21.1 Å². The molecule has 9 heteroatoms. The minimum Gasteiger partial charge on any atom is -0.493 e. The fourth-order valence-electron chi connectivity index (χ4n) is 4.23. The molecule has 40 heavy (non-hydrogen) atoms. The van der Waals surface area contributed by atoms with Gasteiger partial charge in [-0.05, 0) is 76.7 Å². The van der Waals surface area contributed by atoms with Crippen molar-refractivity contribution in [2.45, 2.75) is 6.61 Å². The topological polar surface area (TPSA) is 76.2 Å². The maximum absolute atomic E-state index is 13.6. The van der Waals surface area contributed by atoms with Crippen LogP contribution in [0.25, 0.3) is 6.08 Å². The number of amides is 4. The first-order chi connectivity index (χ1) is 19.4. The average Bonchev–Trinajstić information content (AvgIpc) is 2.96. The fraction of sp³-hybridized carbons (Fsp3) is 0.0645. The van der Waals surface area contributed by atoms with Gasteiger partial charge in [0.2, 0.25) is 0 Å². The normalized spacial score (nSPS) is 13.5. The summed E-state index contributed by atoms with van der Waals surface area (Å²) in [6.07, 6.45) is 1.46. The first-order valence-electron chi connectivity index (χ1n) is 12.2.